The van der Waals surface area contributed by atoms with Gasteiger partial charge in [-0.25, -0.2) is 14.4 Å². The zero-order chi connectivity index (χ0) is 18.0. The standard InChI is InChI=1S/C16H17ClFN5O2/c1-9-11(18)3-4-13(14(9)17)25-7-10(24)5-19-16-20-6-12-15(22-16)21-8-23(12)2/h3-4,6,8,10,24H,5,7H2,1-2H3,(H,19,20,22)/t10-/m1/s1. The first-order valence-electron chi connectivity index (χ1n) is 7.59. The number of fused-ring (bicyclic) bond motifs is 1. The van der Waals surface area contributed by atoms with Crippen molar-refractivity contribution in [2.24, 2.45) is 7.05 Å². The highest BCUT2D eigenvalue weighted by Crippen LogP contribution is 2.29. The maximum absolute atomic E-state index is 13.4. The lowest BCUT2D eigenvalue weighted by atomic mass is 10.2. The molecular weight excluding hydrogens is 349 g/mol. The van der Waals surface area contributed by atoms with Crippen molar-refractivity contribution in [3.8, 4) is 5.75 Å². The number of ether oxygens (including phenoxy) is 1. The van der Waals surface area contributed by atoms with E-state index in [4.69, 9.17) is 16.3 Å². The molecule has 3 rings (SSSR count). The molecule has 0 amide bonds. The topological polar surface area (TPSA) is 85.1 Å². The number of benzene rings is 1. The van der Waals surface area contributed by atoms with Gasteiger partial charge in [-0.2, -0.15) is 4.98 Å². The van der Waals surface area contributed by atoms with E-state index in [0.717, 1.165) is 5.52 Å². The van der Waals surface area contributed by atoms with Crippen LogP contribution in [0.4, 0.5) is 10.3 Å². The Morgan fingerprint density at radius 2 is 2.20 bits per heavy atom. The van der Waals surface area contributed by atoms with Crippen molar-refractivity contribution in [3.05, 3.63) is 41.1 Å². The highest BCUT2D eigenvalue weighted by Gasteiger charge is 2.12. The van der Waals surface area contributed by atoms with Gasteiger partial charge in [-0.15, -0.1) is 0 Å². The van der Waals surface area contributed by atoms with E-state index in [0.29, 0.717) is 22.9 Å². The minimum absolute atomic E-state index is 0.0103. The number of hydrogen-bond acceptors (Lipinski definition) is 6. The van der Waals surface area contributed by atoms with Crippen LogP contribution in [0.15, 0.2) is 24.7 Å². The van der Waals surface area contributed by atoms with Gasteiger partial charge in [0.1, 0.15) is 29.8 Å². The number of aliphatic hydroxyl groups excluding tert-OH is 1. The molecule has 2 heterocycles. The molecule has 0 aliphatic rings. The van der Waals surface area contributed by atoms with E-state index in [2.05, 4.69) is 20.3 Å². The molecule has 0 bridgehead atoms. The molecule has 25 heavy (non-hydrogen) atoms. The van der Waals surface area contributed by atoms with Crippen LogP contribution in [0.1, 0.15) is 5.56 Å². The molecule has 2 N–H and O–H groups in total. The number of imidazole rings is 1. The zero-order valence-corrected chi connectivity index (χ0v) is 14.5. The van der Waals surface area contributed by atoms with Crippen LogP contribution in [0.3, 0.4) is 0 Å². The third kappa shape index (κ3) is 3.80. The quantitative estimate of drug-likeness (QED) is 0.697. The minimum atomic E-state index is -0.829. The van der Waals surface area contributed by atoms with Gasteiger partial charge < -0.3 is 19.7 Å². The minimum Gasteiger partial charge on any atom is -0.489 e. The van der Waals surface area contributed by atoms with Crippen LogP contribution in [0.5, 0.6) is 5.75 Å². The van der Waals surface area contributed by atoms with E-state index in [-0.39, 0.29) is 18.2 Å². The summed E-state index contributed by atoms with van der Waals surface area (Å²) < 4.78 is 20.6. The Labute approximate surface area is 148 Å². The summed E-state index contributed by atoms with van der Waals surface area (Å²) in [5.74, 6) is 0.285. The molecule has 0 saturated carbocycles. The van der Waals surface area contributed by atoms with E-state index in [9.17, 15) is 9.50 Å². The Bertz CT molecular complexity index is 902. The number of anilines is 1. The van der Waals surface area contributed by atoms with Gasteiger partial charge in [0.05, 0.1) is 17.5 Å². The van der Waals surface area contributed by atoms with Crippen LogP contribution in [-0.2, 0) is 7.05 Å². The van der Waals surface area contributed by atoms with Crippen LogP contribution in [0, 0.1) is 12.7 Å². The maximum atomic E-state index is 13.4. The number of aryl methyl sites for hydroxylation is 1. The molecular formula is C16H17ClFN5O2. The first-order valence-corrected chi connectivity index (χ1v) is 7.97. The number of aliphatic hydroxyl groups is 1. The van der Waals surface area contributed by atoms with Gasteiger partial charge in [-0.1, -0.05) is 11.6 Å². The Kier molecular flexibility index (Phi) is 5.00. The second-order valence-electron chi connectivity index (χ2n) is 5.59. The highest BCUT2D eigenvalue weighted by molar-refractivity contribution is 6.32. The molecule has 7 nitrogen and oxygen atoms in total. The normalized spacial score (nSPS) is 12.4. The SMILES string of the molecule is Cc1c(F)ccc(OC[C@H](O)CNc2ncc3c(ncn3C)n2)c1Cl. The summed E-state index contributed by atoms with van der Waals surface area (Å²) in [7, 11) is 1.86. The van der Waals surface area contributed by atoms with Crippen LogP contribution in [-0.4, -0.2) is 43.9 Å². The molecule has 132 valence electrons. The summed E-state index contributed by atoms with van der Waals surface area (Å²) >= 11 is 6.02. The van der Waals surface area contributed by atoms with Crippen molar-refractivity contribution in [2.75, 3.05) is 18.5 Å². The molecule has 1 atom stereocenters. The summed E-state index contributed by atoms with van der Waals surface area (Å²) in [6.45, 7) is 1.73. The van der Waals surface area contributed by atoms with Gasteiger partial charge in [0, 0.05) is 19.2 Å². The molecule has 0 aliphatic carbocycles. The van der Waals surface area contributed by atoms with E-state index in [1.54, 1.807) is 19.4 Å². The molecule has 2 aromatic heterocycles. The number of aromatic nitrogens is 4. The Balaban J connectivity index is 1.55. The van der Waals surface area contributed by atoms with Crippen molar-refractivity contribution in [3.63, 3.8) is 0 Å². The third-order valence-corrected chi connectivity index (χ3v) is 4.16. The summed E-state index contributed by atoms with van der Waals surface area (Å²) in [5.41, 5.74) is 1.69. The van der Waals surface area contributed by atoms with Crippen molar-refractivity contribution in [2.45, 2.75) is 13.0 Å². The van der Waals surface area contributed by atoms with Gasteiger partial charge >= 0.3 is 0 Å². The third-order valence-electron chi connectivity index (χ3n) is 3.70. The van der Waals surface area contributed by atoms with Crippen LogP contribution in [0.25, 0.3) is 11.2 Å². The summed E-state index contributed by atoms with van der Waals surface area (Å²) in [6.07, 6.45) is 2.48. The Morgan fingerprint density at radius 3 is 3.00 bits per heavy atom. The van der Waals surface area contributed by atoms with Gasteiger partial charge in [0.25, 0.3) is 0 Å². The maximum Gasteiger partial charge on any atom is 0.224 e. The largest absolute Gasteiger partial charge is 0.489 e. The zero-order valence-electron chi connectivity index (χ0n) is 13.7. The summed E-state index contributed by atoms with van der Waals surface area (Å²) in [4.78, 5) is 12.6. The van der Waals surface area contributed by atoms with E-state index >= 15 is 0 Å². The van der Waals surface area contributed by atoms with Crippen molar-refractivity contribution in [1.82, 2.24) is 19.5 Å². The van der Waals surface area contributed by atoms with Gasteiger partial charge in [-0.05, 0) is 19.1 Å². The lowest BCUT2D eigenvalue weighted by Crippen LogP contribution is -2.27. The van der Waals surface area contributed by atoms with Gasteiger partial charge in [0.15, 0.2) is 5.65 Å². The average molecular weight is 366 g/mol. The molecule has 1 aromatic carbocycles. The monoisotopic (exact) mass is 365 g/mol. The smallest absolute Gasteiger partial charge is 0.224 e. The van der Waals surface area contributed by atoms with Crippen molar-refractivity contribution >= 4 is 28.7 Å². The van der Waals surface area contributed by atoms with Crippen LogP contribution < -0.4 is 10.1 Å². The lowest BCUT2D eigenvalue weighted by Gasteiger charge is -2.15. The second-order valence-corrected chi connectivity index (χ2v) is 5.97. The number of halogens is 2. The van der Waals surface area contributed by atoms with E-state index in [1.807, 2.05) is 11.6 Å². The molecule has 3 aromatic rings. The van der Waals surface area contributed by atoms with Crippen molar-refractivity contribution < 1.29 is 14.2 Å². The van der Waals surface area contributed by atoms with Crippen LogP contribution in [0.2, 0.25) is 5.02 Å². The van der Waals surface area contributed by atoms with Gasteiger partial charge in [-0.3, -0.25) is 0 Å². The molecule has 0 unspecified atom stereocenters. The first-order chi connectivity index (χ1) is 12.0. The van der Waals surface area contributed by atoms with E-state index in [1.165, 1.54) is 12.1 Å². The average Bonchev–Trinajstić information content (AvgIpc) is 2.98. The number of hydrogen-bond donors (Lipinski definition) is 2. The highest BCUT2D eigenvalue weighted by atomic mass is 35.5. The fourth-order valence-electron chi connectivity index (χ4n) is 2.20. The first kappa shape index (κ1) is 17.4. The van der Waals surface area contributed by atoms with Gasteiger partial charge in [0.2, 0.25) is 5.95 Å². The summed E-state index contributed by atoms with van der Waals surface area (Å²) in [6, 6.07) is 2.71. The van der Waals surface area contributed by atoms with Crippen molar-refractivity contribution in [1.29, 1.82) is 0 Å². The van der Waals surface area contributed by atoms with Crippen LogP contribution >= 0.6 is 11.6 Å². The number of nitrogens with one attached hydrogen (secondary N) is 1. The molecule has 0 fully saturated rings. The summed E-state index contributed by atoms with van der Waals surface area (Å²) in [5, 5.41) is 13.1. The fraction of sp³-hybridized carbons (Fsp3) is 0.312. The molecule has 0 aliphatic heterocycles. The Morgan fingerprint density at radius 1 is 1.40 bits per heavy atom. The lowest BCUT2D eigenvalue weighted by molar-refractivity contribution is 0.117. The predicted molar refractivity (Wildman–Crippen MR) is 92.4 cm³/mol. The predicted octanol–water partition coefficient (Wildman–Crippen LogP) is 2.32. The molecule has 0 radical (unpaired) electrons. The number of rotatable bonds is 6. The van der Waals surface area contributed by atoms with E-state index < -0.39 is 11.9 Å². The second kappa shape index (κ2) is 7.20. The number of nitrogens with zero attached hydrogens (tertiary/aromatic N) is 4. The molecule has 9 heteroatoms. The molecule has 0 saturated heterocycles. The fourth-order valence-corrected chi connectivity index (χ4v) is 2.41. The Hall–Kier alpha value is -2.45. The molecule has 0 spiro atoms.